The minimum Gasteiger partial charge on any atom is -0.550 e. The first-order valence-electron chi connectivity index (χ1n) is 20.1. The number of carboxylic acids is 1. The molecule has 0 aromatic heterocycles. The number of rotatable bonds is 37. The van der Waals surface area contributed by atoms with E-state index in [2.05, 4.69) is 25.7 Å². The fourth-order valence-electron chi connectivity index (χ4n) is 6.78. The van der Waals surface area contributed by atoms with Crippen LogP contribution in [0.5, 0.6) is 0 Å². The van der Waals surface area contributed by atoms with Gasteiger partial charge in [-0.1, -0.05) is 201 Å². The first-order valence-corrected chi connectivity index (χ1v) is 20.1. The molecule has 44 heavy (non-hydrogen) atoms. The van der Waals surface area contributed by atoms with E-state index in [9.17, 15) is 9.90 Å². The Hall–Kier alpha value is 0.0274. The molecule has 1 unspecified atom stereocenters. The Balaban J connectivity index is 0. The average Bonchev–Trinajstić information content (AvgIpc) is 3.00. The predicted molar refractivity (Wildman–Crippen MR) is 190 cm³/mol. The topological polar surface area (TPSA) is 43.4 Å². The summed E-state index contributed by atoms with van der Waals surface area (Å²) in [6.07, 6.45) is 44.0. The summed E-state index contributed by atoms with van der Waals surface area (Å²) in [5.41, 5.74) is 0. The Morgan fingerprint density at radius 2 is 0.705 bits per heavy atom. The molecule has 258 valence electrons. The molecule has 0 aliphatic carbocycles. The first kappa shape index (κ1) is 46.1. The Morgan fingerprint density at radius 3 is 0.932 bits per heavy atom. The van der Waals surface area contributed by atoms with Crippen LogP contribution < -0.4 is 24.0 Å². The van der Waals surface area contributed by atoms with Gasteiger partial charge < -0.3 is 14.8 Å². The molecule has 4 heteroatoms. The molecule has 0 spiro atoms. The van der Waals surface area contributed by atoms with Crippen LogP contribution in [-0.2, 0) is 4.79 Å². The van der Waals surface area contributed by atoms with E-state index in [0.29, 0.717) is 6.04 Å². The van der Waals surface area contributed by atoms with Crippen molar-refractivity contribution in [2.75, 3.05) is 13.1 Å². The van der Waals surface area contributed by atoms with Gasteiger partial charge >= 0.3 is 18.9 Å². The molecule has 0 rings (SSSR count). The molecular formula is C40H80LiNO2. The van der Waals surface area contributed by atoms with Crippen LogP contribution in [0.4, 0.5) is 0 Å². The van der Waals surface area contributed by atoms with Crippen molar-refractivity contribution in [3.8, 4) is 0 Å². The van der Waals surface area contributed by atoms with E-state index in [4.69, 9.17) is 0 Å². The fourth-order valence-corrected chi connectivity index (χ4v) is 6.78. The normalized spacial score (nSPS) is 12.1. The second-order valence-electron chi connectivity index (χ2n) is 13.9. The monoisotopic (exact) mass is 614 g/mol. The van der Waals surface area contributed by atoms with E-state index in [-0.39, 0.29) is 25.3 Å². The molecule has 0 bridgehead atoms. The number of hydrogen-bond acceptors (Lipinski definition) is 3. The van der Waals surface area contributed by atoms with Crippen LogP contribution in [-0.4, -0.2) is 30.0 Å². The van der Waals surface area contributed by atoms with Crippen LogP contribution in [0.15, 0.2) is 0 Å². The van der Waals surface area contributed by atoms with E-state index >= 15 is 0 Å². The van der Waals surface area contributed by atoms with Crippen molar-refractivity contribution >= 4 is 5.97 Å². The summed E-state index contributed by atoms with van der Waals surface area (Å²) in [6, 6.07) is 0.399. The van der Waals surface area contributed by atoms with Gasteiger partial charge in [-0.25, -0.2) is 0 Å². The van der Waals surface area contributed by atoms with Crippen molar-refractivity contribution < 1.29 is 28.8 Å². The summed E-state index contributed by atoms with van der Waals surface area (Å²) in [7, 11) is 0. The van der Waals surface area contributed by atoms with E-state index in [1.807, 2.05) is 0 Å². The van der Waals surface area contributed by atoms with E-state index in [1.165, 1.54) is 193 Å². The summed E-state index contributed by atoms with van der Waals surface area (Å²) in [5.74, 6) is -0.891. The third-order valence-electron chi connectivity index (χ3n) is 9.77. The van der Waals surface area contributed by atoms with Gasteiger partial charge in [0, 0.05) is 12.0 Å². The predicted octanol–water partition coefficient (Wildman–Crippen LogP) is 9.34. The quantitative estimate of drug-likeness (QED) is 0.0518. The maximum Gasteiger partial charge on any atom is 1.00 e. The molecule has 0 aromatic carbocycles. The van der Waals surface area contributed by atoms with Crippen molar-refractivity contribution in [1.29, 1.82) is 0 Å². The van der Waals surface area contributed by atoms with Crippen LogP contribution >= 0.6 is 0 Å². The number of carbonyl (C=O) groups excluding carboxylic acids is 1. The molecule has 0 amide bonds. The van der Waals surface area contributed by atoms with Gasteiger partial charge in [0.05, 0.1) is 0 Å². The van der Waals surface area contributed by atoms with Crippen molar-refractivity contribution in [3.63, 3.8) is 0 Å². The first-order chi connectivity index (χ1) is 21.2. The third kappa shape index (κ3) is 34.9. The molecule has 0 fully saturated rings. The Kier molecular flexibility index (Phi) is 41.1. The SMILES string of the molecule is CCCCCCCCCCCCCCCCCN(CCCCCCCCCCCCCCCCC)C(CC)CCC(=O)[O-].[Li+]. The maximum absolute atomic E-state index is 11.1. The van der Waals surface area contributed by atoms with E-state index in [0.717, 1.165) is 25.9 Å². The fraction of sp³-hybridized carbons (Fsp3) is 0.975. The summed E-state index contributed by atoms with van der Waals surface area (Å²) >= 11 is 0. The number of carbonyl (C=O) groups is 1. The van der Waals surface area contributed by atoms with Crippen molar-refractivity contribution in [2.24, 2.45) is 0 Å². The number of hydrogen-bond donors (Lipinski definition) is 0. The molecule has 0 radical (unpaired) electrons. The zero-order valence-electron chi connectivity index (χ0n) is 31.1. The molecular weight excluding hydrogens is 533 g/mol. The second-order valence-corrected chi connectivity index (χ2v) is 13.9. The zero-order valence-corrected chi connectivity index (χ0v) is 31.1. The van der Waals surface area contributed by atoms with Gasteiger partial charge in [-0.15, -0.1) is 0 Å². The Labute approximate surface area is 290 Å². The second kappa shape index (κ2) is 39.2. The van der Waals surface area contributed by atoms with E-state index < -0.39 is 5.97 Å². The smallest absolute Gasteiger partial charge is 0.550 e. The van der Waals surface area contributed by atoms with Gasteiger partial charge in [-0.05, 0) is 45.2 Å². The zero-order chi connectivity index (χ0) is 31.5. The standard InChI is InChI=1S/C40H81NO2.Li/c1-4-7-9-11-13-15-17-19-21-23-25-27-29-31-33-37-41(39(6-3)35-36-40(42)43)38-34-32-30-28-26-24-22-20-18-16-14-12-10-8-5-2;/h39H,4-38H2,1-3H3,(H,42,43);/q;+1/p-1. The molecule has 0 saturated carbocycles. The van der Waals surface area contributed by atoms with Crippen LogP contribution in [0.2, 0.25) is 0 Å². The molecule has 0 aromatic rings. The van der Waals surface area contributed by atoms with Crippen molar-refractivity contribution in [1.82, 2.24) is 4.90 Å². The number of carboxylic acid groups (broad SMARTS) is 1. The molecule has 0 saturated heterocycles. The molecule has 0 N–H and O–H groups in total. The largest absolute Gasteiger partial charge is 1.00 e. The van der Waals surface area contributed by atoms with Gasteiger partial charge in [0.15, 0.2) is 0 Å². The minimum absolute atomic E-state index is 0. The minimum atomic E-state index is -0.891. The van der Waals surface area contributed by atoms with Crippen molar-refractivity contribution in [3.05, 3.63) is 0 Å². The number of nitrogens with zero attached hydrogens (tertiary/aromatic N) is 1. The van der Waals surface area contributed by atoms with Gasteiger partial charge in [-0.2, -0.15) is 0 Å². The third-order valence-corrected chi connectivity index (χ3v) is 9.77. The molecule has 0 heterocycles. The summed E-state index contributed by atoms with van der Waals surface area (Å²) in [4.78, 5) is 13.8. The summed E-state index contributed by atoms with van der Waals surface area (Å²) in [5, 5.41) is 11.1. The summed E-state index contributed by atoms with van der Waals surface area (Å²) < 4.78 is 0. The Morgan fingerprint density at radius 1 is 0.455 bits per heavy atom. The number of unbranched alkanes of at least 4 members (excludes halogenated alkanes) is 28. The van der Waals surface area contributed by atoms with Gasteiger partial charge in [0.1, 0.15) is 0 Å². The van der Waals surface area contributed by atoms with Crippen LogP contribution in [0.1, 0.15) is 233 Å². The number of aliphatic carboxylic acids is 1. The van der Waals surface area contributed by atoms with Crippen LogP contribution in [0.25, 0.3) is 0 Å². The molecule has 0 aliphatic rings. The maximum atomic E-state index is 11.1. The average molecular weight is 614 g/mol. The van der Waals surface area contributed by atoms with Gasteiger partial charge in [0.2, 0.25) is 0 Å². The molecule has 1 atom stereocenters. The van der Waals surface area contributed by atoms with Crippen LogP contribution in [0, 0.1) is 0 Å². The van der Waals surface area contributed by atoms with Crippen LogP contribution in [0.3, 0.4) is 0 Å². The van der Waals surface area contributed by atoms with E-state index in [1.54, 1.807) is 0 Å². The van der Waals surface area contributed by atoms with Crippen molar-refractivity contribution in [2.45, 2.75) is 239 Å². The Bertz CT molecular complexity index is 509. The summed E-state index contributed by atoms with van der Waals surface area (Å²) in [6.45, 7) is 9.10. The molecule has 0 aliphatic heterocycles. The van der Waals surface area contributed by atoms with Gasteiger partial charge in [-0.3, -0.25) is 0 Å². The molecule has 3 nitrogen and oxygen atoms in total. The van der Waals surface area contributed by atoms with Gasteiger partial charge in [0.25, 0.3) is 0 Å².